The number of hydrogen-bond acceptors (Lipinski definition) is 5. The zero-order valence-corrected chi connectivity index (χ0v) is 16.0. The quantitative estimate of drug-likeness (QED) is 0.664. The highest BCUT2D eigenvalue weighted by Crippen LogP contribution is 2.23. The summed E-state index contributed by atoms with van der Waals surface area (Å²) in [6.45, 7) is 1.82. The van der Waals surface area contributed by atoms with Crippen LogP contribution in [0.2, 0.25) is 5.02 Å². The molecule has 0 saturated heterocycles. The molecule has 140 valence electrons. The van der Waals surface area contributed by atoms with Crippen LogP contribution < -0.4 is 10.4 Å². The van der Waals surface area contributed by atoms with Gasteiger partial charge in [0.25, 0.3) is 15.9 Å². The van der Waals surface area contributed by atoms with Gasteiger partial charge in [-0.25, -0.2) is 17.8 Å². The predicted octanol–water partition coefficient (Wildman–Crippen LogP) is 2.55. The first-order valence-electron chi connectivity index (χ1n) is 7.76. The lowest BCUT2D eigenvalue weighted by molar-refractivity contribution is 0.0953. The second-order valence-corrected chi connectivity index (χ2v) is 7.97. The summed E-state index contributed by atoms with van der Waals surface area (Å²) in [5.41, 5.74) is -0.0951. The van der Waals surface area contributed by atoms with Gasteiger partial charge in [0.05, 0.1) is 17.6 Å². The van der Waals surface area contributed by atoms with Gasteiger partial charge in [-0.05, 0) is 37.3 Å². The molecule has 0 aliphatic heterocycles. The molecule has 27 heavy (non-hydrogen) atoms. The maximum atomic E-state index is 12.7. The Morgan fingerprint density at radius 3 is 2.37 bits per heavy atom. The van der Waals surface area contributed by atoms with Crippen LogP contribution in [0, 0.1) is 6.92 Å². The van der Waals surface area contributed by atoms with Crippen LogP contribution in [-0.4, -0.2) is 30.0 Å². The number of aryl methyl sites for hydroxylation is 1. The summed E-state index contributed by atoms with van der Waals surface area (Å²) in [5.74, 6) is -0.539. The van der Waals surface area contributed by atoms with Crippen molar-refractivity contribution in [2.24, 2.45) is 0 Å². The van der Waals surface area contributed by atoms with Gasteiger partial charge in [0.15, 0.2) is 0 Å². The molecule has 0 saturated carbocycles. The van der Waals surface area contributed by atoms with Gasteiger partial charge < -0.3 is 4.74 Å². The minimum absolute atomic E-state index is 0.0394. The van der Waals surface area contributed by atoms with Crippen molar-refractivity contribution in [2.45, 2.75) is 11.8 Å². The third-order valence-corrected chi connectivity index (χ3v) is 5.83. The number of carbonyl (C=O) groups is 1. The van der Waals surface area contributed by atoms with Crippen LogP contribution in [0.3, 0.4) is 0 Å². The van der Waals surface area contributed by atoms with Crippen LogP contribution in [0.25, 0.3) is 0 Å². The molecule has 9 heteroatoms. The Hall–Kier alpha value is -2.84. The van der Waals surface area contributed by atoms with E-state index in [0.717, 1.165) is 18.0 Å². The highest BCUT2D eigenvalue weighted by Gasteiger charge is 2.24. The van der Waals surface area contributed by atoms with E-state index in [4.69, 9.17) is 16.3 Å². The molecule has 7 nitrogen and oxygen atoms in total. The Bertz CT molecular complexity index is 1180. The number of hydrogen-bond donors (Lipinski definition) is 0. The van der Waals surface area contributed by atoms with Gasteiger partial charge >= 0.3 is 5.69 Å². The van der Waals surface area contributed by atoms with Crippen molar-refractivity contribution in [1.29, 1.82) is 0 Å². The second-order valence-electron chi connectivity index (χ2n) is 5.71. The Labute approximate surface area is 160 Å². The SMILES string of the molecule is COc1ccc(Cl)cc1C(=O)n1ccn(S(=O)(=O)c2ccc(C)cc2)c1=O. The predicted molar refractivity (Wildman–Crippen MR) is 100 cm³/mol. The summed E-state index contributed by atoms with van der Waals surface area (Å²) >= 11 is 5.92. The molecule has 0 radical (unpaired) electrons. The number of ether oxygens (including phenoxy) is 1. The number of benzene rings is 2. The standard InChI is InChI=1S/C18H15ClN2O5S/c1-12-3-6-14(7-4-12)27(24,25)21-10-9-20(18(21)23)17(22)15-11-13(19)5-8-16(15)26-2/h3-11H,1-2H3. The van der Waals surface area contributed by atoms with Crippen molar-refractivity contribution >= 4 is 27.5 Å². The van der Waals surface area contributed by atoms with E-state index in [0.29, 0.717) is 8.54 Å². The summed E-state index contributed by atoms with van der Waals surface area (Å²) in [7, 11) is -2.76. The number of rotatable bonds is 4. The lowest BCUT2D eigenvalue weighted by atomic mass is 10.2. The zero-order chi connectivity index (χ0) is 19.8. The first-order chi connectivity index (χ1) is 12.8. The maximum Gasteiger partial charge on any atom is 0.349 e. The molecule has 3 rings (SSSR count). The average molecular weight is 407 g/mol. The van der Waals surface area contributed by atoms with Crippen LogP contribution in [0.15, 0.2) is 64.5 Å². The van der Waals surface area contributed by atoms with Crippen molar-refractivity contribution in [3.05, 3.63) is 81.5 Å². The van der Waals surface area contributed by atoms with Gasteiger partial charge in [-0.3, -0.25) is 4.79 Å². The zero-order valence-electron chi connectivity index (χ0n) is 14.4. The van der Waals surface area contributed by atoms with E-state index in [-0.39, 0.29) is 21.2 Å². The van der Waals surface area contributed by atoms with E-state index in [1.807, 2.05) is 6.92 Å². The van der Waals surface area contributed by atoms with Crippen LogP contribution in [0.5, 0.6) is 5.75 Å². The molecule has 0 fully saturated rings. The van der Waals surface area contributed by atoms with Crippen LogP contribution >= 0.6 is 11.6 Å². The summed E-state index contributed by atoms with van der Waals surface area (Å²) in [4.78, 5) is 25.3. The van der Waals surface area contributed by atoms with Crippen LogP contribution in [0.4, 0.5) is 0 Å². The molecule has 0 atom stereocenters. The summed E-state index contributed by atoms with van der Waals surface area (Å²) in [5, 5.41) is 0.277. The lowest BCUT2D eigenvalue weighted by Gasteiger charge is -2.08. The van der Waals surface area contributed by atoms with Crippen molar-refractivity contribution in [3.63, 3.8) is 0 Å². The van der Waals surface area contributed by atoms with E-state index in [9.17, 15) is 18.0 Å². The molecule has 0 bridgehead atoms. The Kier molecular flexibility index (Phi) is 4.95. The number of methoxy groups -OCH3 is 1. The maximum absolute atomic E-state index is 12.7. The van der Waals surface area contributed by atoms with Crippen molar-refractivity contribution in [1.82, 2.24) is 8.54 Å². The number of carbonyl (C=O) groups excluding carboxylic acids is 1. The minimum Gasteiger partial charge on any atom is -0.496 e. The van der Waals surface area contributed by atoms with E-state index >= 15 is 0 Å². The fourth-order valence-corrected chi connectivity index (χ4v) is 3.89. The molecule has 2 aromatic carbocycles. The smallest absolute Gasteiger partial charge is 0.349 e. The highest BCUT2D eigenvalue weighted by atomic mass is 35.5. The second kappa shape index (κ2) is 7.05. The fraction of sp³-hybridized carbons (Fsp3) is 0.111. The van der Waals surface area contributed by atoms with Crippen LogP contribution in [0.1, 0.15) is 15.9 Å². The molecule has 0 aliphatic carbocycles. The third kappa shape index (κ3) is 3.41. The van der Waals surface area contributed by atoms with E-state index in [1.165, 1.54) is 37.4 Å². The van der Waals surface area contributed by atoms with Gasteiger partial charge in [-0.2, -0.15) is 3.97 Å². The molecule has 0 unspecified atom stereocenters. The molecule has 0 spiro atoms. The molecule has 1 heterocycles. The van der Waals surface area contributed by atoms with Gasteiger partial charge in [0.1, 0.15) is 5.75 Å². The van der Waals surface area contributed by atoms with Gasteiger partial charge in [-0.15, -0.1) is 0 Å². The Morgan fingerprint density at radius 2 is 1.74 bits per heavy atom. The molecule has 1 aromatic heterocycles. The van der Waals surface area contributed by atoms with Gasteiger partial charge in [-0.1, -0.05) is 29.3 Å². The van der Waals surface area contributed by atoms with Crippen molar-refractivity contribution < 1.29 is 17.9 Å². The summed E-state index contributed by atoms with van der Waals surface area (Å²) in [6.07, 6.45) is 2.13. The number of aromatic nitrogens is 2. The van der Waals surface area contributed by atoms with Crippen molar-refractivity contribution in [3.8, 4) is 5.75 Å². The highest BCUT2D eigenvalue weighted by molar-refractivity contribution is 7.90. The molecular formula is C18H15ClN2O5S. The number of halogens is 1. The topological polar surface area (TPSA) is 87.4 Å². The Morgan fingerprint density at radius 1 is 1.07 bits per heavy atom. The van der Waals surface area contributed by atoms with E-state index in [2.05, 4.69) is 0 Å². The molecule has 0 N–H and O–H groups in total. The normalized spacial score (nSPS) is 11.4. The first-order valence-corrected chi connectivity index (χ1v) is 9.58. The molecule has 0 amide bonds. The molecular weight excluding hydrogens is 392 g/mol. The lowest BCUT2D eigenvalue weighted by Crippen LogP contribution is -2.32. The third-order valence-electron chi connectivity index (χ3n) is 3.93. The monoisotopic (exact) mass is 406 g/mol. The average Bonchev–Trinajstić information content (AvgIpc) is 3.03. The van der Waals surface area contributed by atoms with Gasteiger partial charge in [0.2, 0.25) is 0 Å². The summed E-state index contributed by atoms with van der Waals surface area (Å²) < 4.78 is 31.7. The molecule has 3 aromatic rings. The molecule has 0 aliphatic rings. The first kappa shape index (κ1) is 18.9. The minimum atomic E-state index is -4.13. The fourth-order valence-electron chi connectivity index (χ4n) is 2.50. The number of nitrogens with zero attached hydrogens (tertiary/aromatic N) is 2. The van der Waals surface area contributed by atoms with Crippen molar-refractivity contribution in [2.75, 3.05) is 7.11 Å². The number of imidazole rings is 1. The summed E-state index contributed by atoms with van der Waals surface area (Å²) in [6, 6.07) is 10.4. The van der Waals surface area contributed by atoms with Crippen LogP contribution in [-0.2, 0) is 10.0 Å². The van der Waals surface area contributed by atoms with E-state index in [1.54, 1.807) is 12.1 Å². The van der Waals surface area contributed by atoms with Gasteiger partial charge in [0, 0.05) is 17.4 Å². The largest absolute Gasteiger partial charge is 0.496 e. The van der Waals surface area contributed by atoms with E-state index < -0.39 is 21.6 Å². The Balaban J connectivity index is 2.08.